The molecule has 0 bridgehead atoms. The van der Waals surface area contributed by atoms with Crippen LogP contribution in [0, 0.1) is 19.3 Å². The van der Waals surface area contributed by atoms with Gasteiger partial charge in [-0.3, -0.25) is 4.79 Å². The molecule has 140 valence electrons. The van der Waals surface area contributed by atoms with Crippen molar-refractivity contribution in [1.82, 2.24) is 0 Å². The zero-order chi connectivity index (χ0) is 18.7. The summed E-state index contributed by atoms with van der Waals surface area (Å²) in [5.41, 5.74) is 2.62. The van der Waals surface area contributed by atoms with Crippen LogP contribution in [-0.4, -0.2) is 18.6 Å². The fraction of sp³-hybridized carbons (Fsp3) is 0.650. The molecular weight excluding hydrogens is 329 g/mol. The molecule has 0 unspecified atom stereocenters. The number of ether oxygens (including phenoxy) is 1. The van der Waals surface area contributed by atoms with Crippen molar-refractivity contribution in [2.24, 2.45) is 5.41 Å². The van der Waals surface area contributed by atoms with Crippen LogP contribution in [0.4, 0.5) is 13.2 Å². The van der Waals surface area contributed by atoms with Crippen LogP contribution >= 0.6 is 0 Å². The smallest absolute Gasteiger partial charge is 0.422 e. The lowest BCUT2D eigenvalue weighted by molar-refractivity contribution is -0.153. The summed E-state index contributed by atoms with van der Waals surface area (Å²) < 4.78 is 41.7. The normalized spacial score (nSPS) is 17.4. The van der Waals surface area contributed by atoms with Crippen LogP contribution in [0.15, 0.2) is 12.1 Å². The number of alkyl halides is 3. The number of benzene rings is 1. The summed E-state index contributed by atoms with van der Waals surface area (Å²) in [6, 6.07) is 3.17. The van der Waals surface area contributed by atoms with Gasteiger partial charge in [0.25, 0.3) is 0 Å². The van der Waals surface area contributed by atoms with Crippen LogP contribution in [0.2, 0.25) is 0 Å². The summed E-state index contributed by atoms with van der Waals surface area (Å²) in [6.07, 6.45) is 2.39. The van der Waals surface area contributed by atoms with Gasteiger partial charge in [0.05, 0.1) is 0 Å². The molecule has 0 atom stereocenters. The number of hydrogen-bond acceptors (Lipinski definition) is 2. The minimum absolute atomic E-state index is 0.104. The van der Waals surface area contributed by atoms with Crippen molar-refractivity contribution >= 4 is 5.78 Å². The molecule has 1 aliphatic carbocycles. The fourth-order valence-electron chi connectivity index (χ4n) is 3.80. The van der Waals surface area contributed by atoms with E-state index in [0.717, 1.165) is 29.5 Å². The third-order valence-corrected chi connectivity index (χ3v) is 5.13. The van der Waals surface area contributed by atoms with Gasteiger partial charge in [-0.05, 0) is 60.9 Å². The van der Waals surface area contributed by atoms with Gasteiger partial charge in [-0.25, -0.2) is 0 Å². The Morgan fingerprint density at radius 3 is 2.20 bits per heavy atom. The topological polar surface area (TPSA) is 26.3 Å². The highest BCUT2D eigenvalue weighted by molar-refractivity contribution is 5.82. The Morgan fingerprint density at radius 2 is 1.68 bits per heavy atom. The summed E-state index contributed by atoms with van der Waals surface area (Å²) in [4.78, 5) is 12.6. The summed E-state index contributed by atoms with van der Waals surface area (Å²) in [5, 5.41) is 0. The highest BCUT2D eigenvalue weighted by atomic mass is 19.4. The van der Waals surface area contributed by atoms with E-state index in [1.54, 1.807) is 12.1 Å². The quantitative estimate of drug-likeness (QED) is 0.652. The van der Waals surface area contributed by atoms with Crippen molar-refractivity contribution in [2.45, 2.75) is 71.9 Å². The molecule has 2 rings (SSSR count). The number of ketones is 1. The second kappa shape index (κ2) is 7.79. The Bertz CT molecular complexity index is 591. The lowest BCUT2D eigenvalue weighted by Crippen LogP contribution is -2.25. The first-order valence-electron chi connectivity index (χ1n) is 8.89. The van der Waals surface area contributed by atoms with Gasteiger partial charge in [0, 0.05) is 12.8 Å². The minimum atomic E-state index is -4.36. The van der Waals surface area contributed by atoms with Crippen LogP contribution < -0.4 is 4.74 Å². The van der Waals surface area contributed by atoms with Crippen molar-refractivity contribution in [3.8, 4) is 5.75 Å². The summed E-state index contributed by atoms with van der Waals surface area (Å²) in [7, 11) is 0. The second-order valence-electron chi connectivity index (χ2n) is 7.70. The van der Waals surface area contributed by atoms with Gasteiger partial charge < -0.3 is 4.74 Å². The van der Waals surface area contributed by atoms with Crippen molar-refractivity contribution < 1.29 is 22.7 Å². The van der Waals surface area contributed by atoms with E-state index in [1.807, 2.05) is 13.8 Å². The average Bonchev–Trinajstić information content (AvgIpc) is 2.48. The maximum absolute atomic E-state index is 12.6. The number of halogens is 3. The Kier molecular flexibility index (Phi) is 6.17. The molecule has 5 heteroatoms. The molecule has 0 aliphatic heterocycles. The maximum atomic E-state index is 12.6. The number of aryl methyl sites for hydroxylation is 2. The largest absolute Gasteiger partial charge is 0.484 e. The van der Waals surface area contributed by atoms with Gasteiger partial charge in [-0.15, -0.1) is 0 Å². The Balaban J connectivity index is 2.02. The average molecular weight is 356 g/mol. The fourth-order valence-corrected chi connectivity index (χ4v) is 3.80. The van der Waals surface area contributed by atoms with Gasteiger partial charge in [-0.2, -0.15) is 13.2 Å². The van der Waals surface area contributed by atoms with E-state index in [9.17, 15) is 18.0 Å². The van der Waals surface area contributed by atoms with Crippen LogP contribution in [0.25, 0.3) is 0 Å². The molecule has 1 aliphatic rings. The van der Waals surface area contributed by atoms with E-state index in [4.69, 9.17) is 4.74 Å². The number of hydrogen-bond donors (Lipinski definition) is 0. The molecule has 0 spiro atoms. The molecule has 0 N–H and O–H groups in total. The molecule has 0 radical (unpaired) electrons. The van der Waals surface area contributed by atoms with E-state index in [0.29, 0.717) is 12.8 Å². The second-order valence-corrected chi connectivity index (χ2v) is 7.70. The van der Waals surface area contributed by atoms with E-state index >= 15 is 0 Å². The highest BCUT2D eigenvalue weighted by Gasteiger charge is 2.30. The molecule has 0 amide bonds. The third kappa shape index (κ3) is 6.05. The van der Waals surface area contributed by atoms with Crippen molar-refractivity contribution in [1.29, 1.82) is 0 Å². The van der Waals surface area contributed by atoms with Gasteiger partial charge >= 0.3 is 6.18 Å². The van der Waals surface area contributed by atoms with Crippen LogP contribution in [0.3, 0.4) is 0 Å². The summed E-state index contributed by atoms with van der Waals surface area (Å²) in [5.74, 6) is 0.405. The zero-order valence-corrected chi connectivity index (χ0v) is 15.3. The van der Waals surface area contributed by atoms with Crippen LogP contribution in [0.1, 0.15) is 62.1 Å². The van der Waals surface area contributed by atoms with E-state index in [-0.39, 0.29) is 16.9 Å². The lowest BCUT2D eigenvalue weighted by Gasteiger charge is -2.33. The molecule has 2 nitrogen and oxygen atoms in total. The molecule has 1 aromatic carbocycles. The third-order valence-electron chi connectivity index (χ3n) is 5.13. The van der Waals surface area contributed by atoms with Crippen molar-refractivity contribution in [3.63, 3.8) is 0 Å². The van der Waals surface area contributed by atoms with E-state index < -0.39 is 12.8 Å². The molecule has 1 aromatic rings. The molecular formula is C20H27F3O2. The minimum Gasteiger partial charge on any atom is -0.484 e. The summed E-state index contributed by atoms with van der Waals surface area (Å²) in [6.45, 7) is 4.52. The Morgan fingerprint density at radius 1 is 1.12 bits per heavy atom. The lowest BCUT2D eigenvalue weighted by atomic mass is 9.72. The van der Waals surface area contributed by atoms with Crippen LogP contribution in [0.5, 0.6) is 5.75 Å². The van der Waals surface area contributed by atoms with E-state index in [1.165, 1.54) is 19.3 Å². The number of rotatable bonds is 6. The monoisotopic (exact) mass is 356 g/mol. The molecule has 0 aromatic heterocycles. The standard InChI is InChI=1S/C20H27F3O2/c1-14-9-17(25-13-20(21,22)23)10-15(2)18(14)11-16(24)12-19(3)7-5-4-6-8-19/h9-10H,4-8,11-13H2,1-3H3. The predicted molar refractivity (Wildman–Crippen MR) is 92.0 cm³/mol. The zero-order valence-electron chi connectivity index (χ0n) is 15.3. The number of carbonyl (C=O) groups excluding carboxylic acids is 1. The van der Waals surface area contributed by atoms with Gasteiger partial charge in [0.1, 0.15) is 11.5 Å². The molecule has 0 saturated heterocycles. The van der Waals surface area contributed by atoms with Gasteiger partial charge in [0.2, 0.25) is 0 Å². The Hall–Kier alpha value is -1.52. The first kappa shape index (κ1) is 19.8. The SMILES string of the molecule is Cc1cc(OCC(F)(F)F)cc(C)c1CC(=O)CC1(C)CCCCC1. The Labute approximate surface area is 147 Å². The molecule has 25 heavy (non-hydrogen) atoms. The molecule has 0 heterocycles. The molecule has 1 fully saturated rings. The first-order chi connectivity index (χ1) is 11.6. The van der Waals surface area contributed by atoms with Crippen LogP contribution in [-0.2, 0) is 11.2 Å². The van der Waals surface area contributed by atoms with Gasteiger partial charge in [0.15, 0.2) is 6.61 Å². The molecule has 1 saturated carbocycles. The predicted octanol–water partition coefficient (Wildman–Crippen LogP) is 5.72. The van der Waals surface area contributed by atoms with Crippen molar-refractivity contribution in [2.75, 3.05) is 6.61 Å². The van der Waals surface area contributed by atoms with Crippen molar-refractivity contribution in [3.05, 3.63) is 28.8 Å². The first-order valence-corrected chi connectivity index (χ1v) is 8.89. The maximum Gasteiger partial charge on any atom is 0.422 e. The van der Waals surface area contributed by atoms with Gasteiger partial charge in [-0.1, -0.05) is 26.2 Å². The summed E-state index contributed by atoms with van der Waals surface area (Å²) >= 11 is 0. The highest BCUT2D eigenvalue weighted by Crippen LogP contribution is 2.39. The van der Waals surface area contributed by atoms with E-state index in [2.05, 4.69) is 6.92 Å². The number of Topliss-reactive ketones (excluding diaryl/α,β-unsaturated/α-hetero) is 1. The number of carbonyl (C=O) groups is 1.